The summed E-state index contributed by atoms with van der Waals surface area (Å²) in [5, 5.41) is 6.11. The van der Waals surface area contributed by atoms with Crippen LogP contribution < -0.4 is 10.6 Å². The van der Waals surface area contributed by atoms with E-state index >= 15 is 0 Å². The quantitative estimate of drug-likeness (QED) is 0.828. The van der Waals surface area contributed by atoms with Crippen LogP contribution in [0.1, 0.15) is 37.2 Å². The molecule has 0 bridgehead atoms. The van der Waals surface area contributed by atoms with E-state index in [0.717, 1.165) is 39.1 Å². The molecule has 132 valence electrons. The normalized spacial score (nSPS) is 25.5. The lowest BCUT2D eigenvalue weighted by Gasteiger charge is -2.37. The summed E-state index contributed by atoms with van der Waals surface area (Å²) >= 11 is 1.85. The Hall–Kier alpha value is -1.20. The Kier molecular flexibility index (Phi) is 6.06. The molecule has 0 aromatic heterocycles. The van der Waals surface area contributed by atoms with Crippen molar-refractivity contribution in [1.82, 2.24) is 10.6 Å². The van der Waals surface area contributed by atoms with Crippen molar-refractivity contribution in [3.63, 3.8) is 0 Å². The predicted octanol–water partition coefficient (Wildman–Crippen LogP) is 3.39. The summed E-state index contributed by atoms with van der Waals surface area (Å²) in [5.74, 6) is 1.28. The van der Waals surface area contributed by atoms with E-state index in [1.807, 2.05) is 11.8 Å². The summed E-state index contributed by atoms with van der Waals surface area (Å²) in [6.07, 6.45) is 6.50. The third-order valence-corrected chi connectivity index (χ3v) is 6.88. The fourth-order valence-electron chi connectivity index (χ4n) is 3.64. The maximum atomic E-state index is 12.1. The number of urea groups is 1. The third-order valence-electron chi connectivity index (χ3n) is 5.47. The summed E-state index contributed by atoms with van der Waals surface area (Å²) in [7, 11) is 0. The molecule has 1 aliphatic carbocycles. The van der Waals surface area contributed by atoms with Gasteiger partial charge in [0.1, 0.15) is 0 Å². The number of nitrogens with one attached hydrogen (secondary N) is 2. The lowest BCUT2D eigenvalue weighted by Crippen LogP contribution is -2.48. The molecule has 1 saturated carbocycles. The molecule has 5 heteroatoms. The van der Waals surface area contributed by atoms with Crippen LogP contribution in [0.2, 0.25) is 0 Å². The molecule has 2 amide bonds. The molecule has 0 atom stereocenters. The number of thioether (sulfide) groups is 1. The lowest BCUT2D eigenvalue weighted by atomic mass is 9.71. The first-order valence-corrected chi connectivity index (χ1v) is 10.1. The van der Waals surface area contributed by atoms with Crippen molar-refractivity contribution in [2.45, 2.75) is 36.3 Å². The number of ether oxygens (including phenoxy) is 1. The second-order valence-electron chi connectivity index (χ2n) is 7.01. The van der Waals surface area contributed by atoms with Crippen molar-refractivity contribution < 1.29 is 9.53 Å². The highest BCUT2D eigenvalue weighted by atomic mass is 32.2. The van der Waals surface area contributed by atoms with Crippen LogP contribution in [0.3, 0.4) is 0 Å². The zero-order valence-electron chi connectivity index (χ0n) is 14.4. The number of benzene rings is 1. The number of carbonyl (C=O) groups excluding carboxylic acids is 1. The first-order chi connectivity index (χ1) is 11.7. The monoisotopic (exact) mass is 348 g/mol. The molecule has 24 heavy (non-hydrogen) atoms. The number of amides is 2. The highest BCUT2D eigenvalue weighted by Crippen LogP contribution is 2.41. The molecule has 0 spiro atoms. The summed E-state index contributed by atoms with van der Waals surface area (Å²) in [6, 6.07) is 10.6. The van der Waals surface area contributed by atoms with Crippen LogP contribution in [0.5, 0.6) is 0 Å². The van der Waals surface area contributed by atoms with E-state index < -0.39 is 0 Å². The number of rotatable bonds is 6. The van der Waals surface area contributed by atoms with Gasteiger partial charge >= 0.3 is 6.03 Å². The van der Waals surface area contributed by atoms with Crippen molar-refractivity contribution in [1.29, 1.82) is 0 Å². The van der Waals surface area contributed by atoms with E-state index in [9.17, 15) is 4.79 Å². The summed E-state index contributed by atoms with van der Waals surface area (Å²) in [6.45, 7) is 3.10. The van der Waals surface area contributed by atoms with Gasteiger partial charge in [-0.25, -0.2) is 4.79 Å². The lowest BCUT2D eigenvalue weighted by molar-refractivity contribution is 0.0777. The molecule has 1 aliphatic heterocycles. The van der Waals surface area contributed by atoms with Crippen molar-refractivity contribution in [2.24, 2.45) is 5.92 Å². The van der Waals surface area contributed by atoms with E-state index in [1.165, 1.54) is 18.4 Å². The van der Waals surface area contributed by atoms with Gasteiger partial charge in [0.05, 0.1) is 0 Å². The molecule has 1 aromatic rings. The van der Waals surface area contributed by atoms with Gasteiger partial charge in [0.15, 0.2) is 0 Å². The molecule has 2 fully saturated rings. The number of hydrogen-bond acceptors (Lipinski definition) is 3. The van der Waals surface area contributed by atoms with E-state index in [0.29, 0.717) is 11.8 Å². The third kappa shape index (κ3) is 4.45. The van der Waals surface area contributed by atoms with Crippen molar-refractivity contribution in [3.8, 4) is 0 Å². The Bertz CT molecular complexity index is 525. The molecule has 2 aliphatic rings. The van der Waals surface area contributed by atoms with Gasteiger partial charge in [-0.15, -0.1) is 0 Å². The predicted molar refractivity (Wildman–Crippen MR) is 99.6 cm³/mol. The zero-order chi connectivity index (χ0) is 16.8. The van der Waals surface area contributed by atoms with Gasteiger partial charge in [0, 0.05) is 31.1 Å². The van der Waals surface area contributed by atoms with Crippen molar-refractivity contribution in [3.05, 3.63) is 35.9 Å². The Morgan fingerprint density at radius 3 is 2.58 bits per heavy atom. The van der Waals surface area contributed by atoms with E-state index in [4.69, 9.17) is 4.74 Å². The minimum atomic E-state index is -0.0296. The second-order valence-corrected chi connectivity index (χ2v) is 8.28. The molecular weight excluding hydrogens is 320 g/mol. The summed E-state index contributed by atoms with van der Waals surface area (Å²) in [5.41, 5.74) is 1.43. The van der Waals surface area contributed by atoms with Crippen LogP contribution in [-0.4, -0.2) is 43.3 Å². The molecule has 3 rings (SSSR count). The molecule has 2 N–H and O–H groups in total. The smallest absolute Gasteiger partial charge is 0.314 e. The van der Waals surface area contributed by atoms with Crippen molar-refractivity contribution in [2.75, 3.05) is 32.6 Å². The highest BCUT2D eigenvalue weighted by Gasteiger charge is 2.33. The molecule has 1 saturated heterocycles. The summed E-state index contributed by atoms with van der Waals surface area (Å²) in [4.78, 5) is 12.1. The van der Waals surface area contributed by atoms with Crippen LogP contribution in [-0.2, 0) is 4.74 Å². The Labute approximate surface area is 149 Å². The summed E-state index contributed by atoms with van der Waals surface area (Å²) < 4.78 is 5.58. The van der Waals surface area contributed by atoms with Crippen LogP contribution in [0, 0.1) is 5.92 Å². The molecule has 1 heterocycles. The van der Waals surface area contributed by atoms with E-state index in [2.05, 4.69) is 47.2 Å². The van der Waals surface area contributed by atoms with Gasteiger partial charge in [0.2, 0.25) is 0 Å². The van der Waals surface area contributed by atoms with Gasteiger partial charge in [-0.05, 0) is 49.3 Å². The van der Waals surface area contributed by atoms with Crippen LogP contribution in [0.4, 0.5) is 4.79 Å². The van der Waals surface area contributed by atoms with Crippen LogP contribution in [0.25, 0.3) is 0 Å². The zero-order valence-corrected chi connectivity index (χ0v) is 15.2. The van der Waals surface area contributed by atoms with Crippen LogP contribution in [0.15, 0.2) is 30.3 Å². The highest BCUT2D eigenvalue weighted by molar-refractivity contribution is 8.00. The first-order valence-electron chi connectivity index (χ1n) is 8.90. The average molecular weight is 349 g/mol. The fourth-order valence-corrected chi connectivity index (χ4v) is 4.43. The van der Waals surface area contributed by atoms with E-state index in [-0.39, 0.29) is 10.8 Å². The van der Waals surface area contributed by atoms with Gasteiger partial charge < -0.3 is 15.4 Å². The van der Waals surface area contributed by atoms with Crippen LogP contribution >= 0.6 is 11.8 Å². The fraction of sp³-hybridized carbons (Fsp3) is 0.632. The standard InChI is InChI=1S/C19H28N2O2S/c1-24-19(7-9-23-10-8-19)14-21-18(22)20-13-15-11-17(12-15)16-5-3-2-4-6-16/h2-6,15,17H,7-14H2,1H3,(H2,20,21,22). The van der Waals surface area contributed by atoms with Gasteiger partial charge in [0.25, 0.3) is 0 Å². The molecule has 1 aromatic carbocycles. The van der Waals surface area contributed by atoms with Crippen molar-refractivity contribution >= 4 is 17.8 Å². The maximum absolute atomic E-state index is 12.1. The van der Waals surface area contributed by atoms with Gasteiger partial charge in [-0.3, -0.25) is 0 Å². The van der Waals surface area contributed by atoms with Gasteiger partial charge in [-0.1, -0.05) is 30.3 Å². The SMILES string of the molecule is CSC1(CNC(=O)NCC2CC(c3ccccc3)C2)CCOCC1. The number of carbonyl (C=O) groups is 1. The second kappa shape index (κ2) is 8.26. The molecule has 4 nitrogen and oxygen atoms in total. The number of hydrogen-bond donors (Lipinski definition) is 2. The maximum Gasteiger partial charge on any atom is 0.314 e. The minimum absolute atomic E-state index is 0.0296. The molecule has 0 radical (unpaired) electrons. The topological polar surface area (TPSA) is 50.4 Å². The Morgan fingerprint density at radius 2 is 1.92 bits per heavy atom. The minimum Gasteiger partial charge on any atom is -0.381 e. The Morgan fingerprint density at radius 1 is 1.21 bits per heavy atom. The Balaban J connectivity index is 1.33. The van der Waals surface area contributed by atoms with Gasteiger partial charge in [-0.2, -0.15) is 11.8 Å². The average Bonchev–Trinajstić information content (AvgIpc) is 2.60. The van der Waals surface area contributed by atoms with E-state index in [1.54, 1.807) is 0 Å². The molecule has 0 unspecified atom stereocenters. The largest absolute Gasteiger partial charge is 0.381 e. The first kappa shape index (κ1) is 17.6. The molecular formula is C19H28N2O2S.